The van der Waals surface area contributed by atoms with Crippen molar-refractivity contribution in [1.82, 2.24) is 0 Å². The molecule has 0 aliphatic heterocycles. The van der Waals surface area contributed by atoms with Crippen molar-refractivity contribution in [2.75, 3.05) is 5.75 Å². The van der Waals surface area contributed by atoms with Crippen LogP contribution < -0.4 is 0 Å². The number of hydrogen-bond acceptors (Lipinski definition) is 4. The van der Waals surface area contributed by atoms with Crippen molar-refractivity contribution in [3.05, 3.63) is 54.6 Å². The van der Waals surface area contributed by atoms with E-state index >= 15 is 0 Å². The first-order chi connectivity index (χ1) is 10.3. The first-order valence-electron chi connectivity index (χ1n) is 7.04. The molecule has 0 radical (unpaired) electrons. The Morgan fingerprint density at radius 3 is 2.05 bits per heavy atom. The molecule has 0 aromatic heterocycles. The summed E-state index contributed by atoms with van der Waals surface area (Å²) in [5, 5.41) is 0. The molecule has 0 atom stereocenters. The van der Waals surface area contributed by atoms with Gasteiger partial charge in [0.25, 0.3) is 0 Å². The molecule has 0 aliphatic carbocycles. The third kappa shape index (κ3) is 5.38. The molecular weight excluding hydrogens is 332 g/mol. The van der Waals surface area contributed by atoms with Crippen LogP contribution in [0.25, 0.3) is 0 Å². The second kappa shape index (κ2) is 7.11. The van der Waals surface area contributed by atoms with E-state index in [2.05, 4.69) is 12.6 Å². The van der Waals surface area contributed by atoms with Crippen molar-refractivity contribution >= 4 is 34.2 Å². The quantitative estimate of drug-likeness (QED) is 0.765. The second-order valence-corrected chi connectivity index (χ2v) is 10.2. The Morgan fingerprint density at radius 2 is 1.50 bits per heavy atom. The van der Waals surface area contributed by atoms with Crippen LogP contribution in [0.2, 0.25) is 0 Å². The van der Waals surface area contributed by atoms with Gasteiger partial charge in [-0.3, -0.25) is 0 Å². The van der Waals surface area contributed by atoms with Crippen molar-refractivity contribution in [3.63, 3.8) is 0 Å². The van der Waals surface area contributed by atoms with Crippen LogP contribution in [0.5, 0.6) is 0 Å². The molecule has 5 heteroatoms. The van der Waals surface area contributed by atoms with E-state index in [1.807, 2.05) is 56.3 Å². The highest BCUT2D eigenvalue weighted by atomic mass is 32.2. The van der Waals surface area contributed by atoms with Gasteiger partial charge in [-0.15, -0.1) is 0 Å². The van der Waals surface area contributed by atoms with E-state index in [0.29, 0.717) is 11.3 Å². The summed E-state index contributed by atoms with van der Waals surface area (Å²) in [7, 11) is -3.24. The number of benzene rings is 2. The van der Waals surface area contributed by atoms with Crippen LogP contribution in [-0.4, -0.2) is 18.9 Å². The highest BCUT2D eigenvalue weighted by molar-refractivity contribution is 7.99. The summed E-state index contributed by atoms with van der Waals surface area (Å²) in [6, 6.07) is 17.1. The highest BCUT2D eigenvalue weighted by Crippen LogP contribution is 2.28. The number of rotatable bonds is 6. The van der Waals surface area contributed by atoms with Gasteiger partial charge < -0.3 is 0 Å². The van der Waals surface area contributed by atoms with Gasteiger partial charge >= 0.3 is 0 Å². The lowest BCUT2D eigenvalue weighted by molar-refractivity contribution is 0.585. The predicted molar refractivity (Wildman–Crippen MR) is 96.7 cm³/mol. The maximum Gasteiger partial charge on any atom is 0.178 e. The summed E-state index contributed by atoms with van der Waals surface area (Å²) in [6.45, 7) is 3.84. The Labute approximate surface area is 142 Å². The van der Waals surface area contributed by atoms with E-state index in [-0.39, 0.29) is 10.5 Å². The molecule has 0 unspecified atom stereocenters. The molecule has 0 aliphatic rings. The fourth-order valence-corrected chi connectivity index (χ4v) is 4.51. The summed E-state index contributed by atoms with van der Waals surface area (Å²) in [4.78, 5) is 2.54. The van der Waals surface area contributed by atoms with Crippen LogP contribution >= 0.6 is 24.4 Å². The Kier molecular flexibility index (Phi) is 5.64. The van der Waals surface area contributed by atoms with Crippen molar-refractivity contribution in [3.8, 4) is 0 Å². The first-order valence-corrected chi connectivity index (χ1v) is 9.96. The van der Waals surface area contributed by atoms with Gasteiger partial charge in [0.05, 0.1) is 10.6 Å². The molecule has 0 bridgehead atoms. The minimum Gasteiger partial charge on any atom is -0.224 e. The lowest BCUT2D eigenvalue weighted by Crippen LogP contribution is -2.17. The van der Waals surface area contributed by atoms with Crippen LogP contribution in [0.1, 0.15) is 20.3 Å². The fraction of sp³-hybridized carbons (Fsp3) is 0.294. The van der Waals surface area contributed by atoms with E-state index in [1.54, 1.807) is 23.9 Å². The number of thiol groups is 1. The molecule has 0 saturated heterocycles. The van der Waals surface area contributed by atoms with E-state index in [0.717, 1.165) is 9.79 Å². The van der Waals surface area contributed by atoms with E-state index in [1.165, 1.54) is 0 Å². The molecule has 2 aromatic carbocycles. The summed E-state index contributed by atoms with van der Waals surface area (Å²) in [5.74, 6) is 0.120. The van der Waals surface area contributed by atoms with Crippen LogP contribution in [0.4, 0.5) is 0 Å². The molecule has 2 rings (SSSR count). The lowest BCUT2D eigenvalue weighted by Gasteiger charge is -2.16. The highest BCUT2D eigenvalue weighted by Gasteiger charge is 2.19. The summed E-state index contributed by atoms with van der Waals surface area (Å²) >= 11 is 6.00. The molecule has 0 fully saturated rings. The van der Waals surface area contributed by atoms with Gasteiger partial charge in [-0.25, -0.2) is 8.42 Å². The zero-order chi connectivity index (χ0) is 16.2. The monoisotopic (exact) mass is 352 g/mol. The van der Waals surface area contributed by atoms with Crippen LogP contribution in [-0.2, 0) is 9.84 Å². The van der Waals surface area contributed by atoms with Gasteiger partial charge in [0, 0.05) is 14.5 Å². The average molecular weight is 353 g/mol. The molecule has 0 N–H and O–H groups in total. The standard InChI is InChI=1S/C17H20O2S3/c1-17(2,20)12-13-22(18,19)16-10-8-15(9-11-16)21-14-6-4-3-5-7-14/h3-11,20H,12-13H2,1-2H3. The SMILES string of the molecule is CC(C)(S)CCS(=O)(=O)c1ccc(Sc2ccccc2)cc1. The molecular formula is C17H20O2S3. The topological polar surface area (TPSA) is 34.1 Å². The third-order valence-corrected chi connectivity index (χ3v) is 6.12. The Hall–Kier alpha value is -0.910. The first kappa shape index (κ1) is 17.4. The smallest absolute Gasteiger partial charge is 0.178 e. The summed E-state index contributed by atoms with van der Waals surface area (Å²) in [5.41, 5.74) is 0. The zero-order valence-electron chi connectivity index (χ0n) is 12.7. The molecule has 0 amide bonds. The molecule has 22 heavy (non-hydrogen) atoms. The van der Waals surface area contributed by atoms with Crippen LogP contribution in [0, 0.1) is 0 Å². The largest absolute Gasteiger partial charge is 0.224 e. The molecule has 0 heterocycles. The van der Waals surface area contributed by atoms with Crippen molar-refractivity contribution in [2.45, 2.75) is 39.7 Å². The van der Waals surface area contributed by atoms with Crippen LogP contribution in [0.15, 0.2) is 69.3 Å². The second-order valence-electron chi connectivity index (χ2n) is 5.77. The van der Waals surface area contributed by atoms with Crippen molar-refractivity contribution in [2.24, 2.45) is 0 Å². The summed E-state index contributed by atoms with van der Waals surface area (Å²) in [6.07, 6.45) is 0.527. The van der Waals surface area contributed by atoms with E-state index in [9.17, 15) is 8.42 Å². The van der Waals surface area contributed by atoms with E-state index < -0.39 is 9.84 Å². The fourth-order valence-electron chi connectivity index (χ4n) is 1.84. The van der Waals surface area contributed by atoms with Gasteiger partial charge in [0.2, 0.25) is 0 Å². The zero-order valence-corrected chi connectivity index (χ0v) is 15.2. The Balaban J connectivity index is 2.08. The third-order valence-electron chi connectivity index (χ3n) is 3.14. The maximum absolute atomic E-state index is 12.3. The average Bonchev–Trinajstić information content (AvgIpc) is 2.46. The molecule has 118 valence electrons. The van der Waals surface area contributed by atoms with Crippen LogP contribution in [0.3, 0.4) is 0 Å². The molecule has 2 nitrogen and oxygen atoms in total. The molecule has 0 saturated carbocycles. The van der Waals surface area contributed by atoms with E-state index in [4.69, 9.17) is 0 Å². The molecule has 2 aromatic rings. The Morgan fingerprint density at radius 1 is 0.955 bits per heavy atom. The van der Waals surface area contributed by atoms with Gasteiger partial charge in [-0.05, 0) is 42.8 Å². The Bertz CT molecular complexity index is 700. The minimum atomic E-state index is -3.24. The van der Waals surface area contributed by atoms with Gasteiger partial charge in [-0.1, -0.05) is 43.8 Å². The van der Waals surface area contributed by atoms with Gasteiger partial charge in [0.1, 0.15) is 0 Å². The van der Waals surface area contributed by atoms with Crippen molar-refractivity contribution in [1.29, 1.82) is 0 Å². The molecule has 0 spiro atoms. The number of hydrogen-bond donors (Lipinski definition) is 1. The minimum absolute atomic E-state index is 0.120. The maximum atomic E-state index is 12.3. The van der Waals surface area contributed by atoms with Gasteiger partial charge in [-0.2, -0.15) is 12.6 Å². The lowest BCUT2D eigenvalue weighted by atomic mass is 10.1. The normalized spacial score (nSPS) is 12.3. The van der Waals surface area contributed by atoms with Crippen molar-refractivity contribution < 1.29 is 8.42 Å². The summed E-state index contributed by atoms with van der Waals surface area (Å²) < 4.78 is 24.3. The van der Waals surface area contributed by atoms with Gasteiger partial charge in [0.15, 0.2) is 9.84 Å². The predicted octanol–water partition coefficient (Wildman–Crippen LogP) is 4.71. The number of sulfone groups is 1.